The number of nitrogens with zero attached hydrogens (tertiary/aromatic N) is 1. The van der Waals surface area contributed by atoms with Gasteiger partial charge in [-0.25, -0.2) is 0 Å². The summed E-state index contributed by atoms with van der Waals surface area (Å²) in [6.07, 6.45) is 3.11. The van der Waals surface area contributed by atoms with Crippen LogP contribution in [0.2, 0.25) is 0 Å². The third kappa shape index (κ3) is 4.59. The Bertz CT molecular complexity index is 1160. The normalized spacial score (nSPS) is 10.3. The van der Waals surface area contributed by atoms with Crippen molar-refractivity contribution in [1.29, 1.82) is 0 Å². The zero-order valence-electron chi connectivity index (χ0n) is 16.1. The molecule has 0 aliphatic carbocycles. The fraction of sp³-hybridized carbons (Fsp3) is 0. The van der Waals surface area contributed by atoms with E-state index in [1.54, 1.807) is 54.7 Å². The van der Waals surface area contributed by atoms with Gasteiger partial charge < -0.3 is 10.6 Å². The molecule has 0 fully saturated rings. The fourth-order valence-electron chi connectivity index (χ4n) is 3.02. The number of hydrogen-bond donors (Lipinski definition) is 2. The summed E-state index contributed by atoms with van der Waals surface area (Å²) in [4.78, 5) is 28.8. The second-order valence-corrected chi connectivity index (χ2v) is 6.67. The van der Waals surface area contributed by atoms with Gasteiger partial charge in [0.2, 0.25) is 0 Å². The summed E-state index contributed by atoms with van der Waals surface area (Å²) in [5.41, 5.74) is 4.34. The molecule has 1 heterocycles. The molecular formula is C25H19N3O2. The minimum absolute atomic E-state index is 0.217. The van der Waals surface area contributed by atoms with Crippen molar-refractivity contribution in [3.05, 3.63) is 115 Å². The van der Waals surface area contributed by atoms with E-state index in [1.807, 2.05) is 42.5 Å². The van der Waals surface area contributed by atoms with E-state index in [9.17, 15) is 9.59 Å². The van der Waals surface area contributed by atoms with E-state index in [0.29, 0.717) is 22.5 Å². The molecule has 0 unspecified atom stereocenters. The molecule has 0 spiro atoms. The van der Waals surface area contributed by atoms with Gasteiger partial charge in [0.25, 0.3) is 11.8 Å². The molecule has 4 aromatic rings. The molecule has 1 aromatic heterocycles. The van der Waals surface area contributed by atoms with Crippen molar-refractivity contribution in [3.8, 4) is 11.1 Å². The molecule has 0 saturated heterocycles. The molecule has 5 nitrogen and oxygen atoms in total. The van der Waals surface area contributed by atoms with Crippen LogP contribution in [0.15, 0.2) is 103 Å². The van der Waals surface area contributed by atoms with E-state index in [1.165, 1.54) is 6.20 Å². The summed E-state index contributed by atoms with van der Waals surface area (Å²) in [5, 5.41) is 5.68. The van der Waals surface area contributed by atoms with Crippen molar-refractivity contribution in [2.75, 3.05) is 10.6 Å². The Balaban J connectivity index is 1.43. The summed E-state index contributed by atoms with van der Waals surface area (Å²) in [5.74, 6) is -0.478. The number of aromatic nitrogens is 1. The van der Waals surface area contributed by atoms with Crippen molar-refractivity contribution >= 4 is 23.2 Å². The van der Waals surface area contributed by atoms with Gasteiger partial charge in [-0.1, -0.05) is 48.5 Å². The van der Waals surface area contributed by atoms with Crippen molar-refractivity contribution in [3.63, 3.8) is 0 Å². The van der Waals surface area contributed by atoms with Crippen molar-refractivity contribution < 1.29 is 9.59 Å². The molecule has 146 valence electrons. The van der Waals surface area contributed by atoms with Gasteiger partial charge in [-0.3, -0.25) is 14.6 Å². The molecule has 0 aliphatic rings. The van der Waals surface area contributed by atoms with Gasteiger partial charge in [-0.05, 0) is 53.6 Å². The summed E-state index contributed by atoms with van der Waals surface area (Å²) in [6, 6.07) is 27.8. The van der Waals surface area contributed by atoms with Gasteiger partial charge in [-0.2, -0.15) is 0 Å². The molecule has 2 amide bonds. The number of hydrogen-bond acceptors (Lipinski definition) is 3. The number of carbonyl (C=O) groups is 2. The topological polar surface area (TPSA) is 71.1 Å². The van der Waals surface area contributed by atoms with Crippen LogP contribution in [0.1, 0.15) is 20.7 Å². The average molecular weight is 393 g/mol. The molecule has 0 saturated carbocycles. The first-order chi connectivity index (χ1) is 14.7. The maximum atomic E-state index is 12.6. The van der Waals surface area contributed by atoms with Crippen molar-refractivity contribution in [2.24, 2.45) is 0 Å². The van der Waals surface area contributed by atoms with Gasteiger partial charge in [0.1, 0.15) is 0 Å². The van der Waals surface area contributed by atoms with E-state index in [0.717, 1.165) is 11.1 Å². The molecule has 5 heteroatoms. The number of amides is 2. The number of carbonyl (C=O) groups excluding carboxylic acids is 2. The predicted octanol–water partition coefficient (Wildman–Crippen LogP) is 5.25. The Hall–Kier alpha value is -4.25. The molecule has 0 aliphatic heterocycles. The molecule has 2 N–H and O–H groups in total. The number of benzene rings is 3. The minimum Gasteiger partial charge on any atom is -0.322 e. The van der Waals surface area contributed by atoms with E-state index in [2.05, 4.69) is 15.6 Å². The molecular weight excluding hydrogens is 374 g/mol. The Morgan fingerprint density at radius 3 is 1.87 bits per heavy atom. The lowest BCUT2D eigenvalue weighted by molar-refractivity contribution is 0.101. The third-order valence-corrected chi connectivity index (χ3v) is 4.56. The lowest BCUT2D eigenvalue weighted by Crippen LogP contribution is -2.14. The van der Waals surface area contributed by atoms with Crippen LogP contribution in [0.25, 0.3) is 11.1 Å². The summed E-state index contributed by atoms with van der Waals surface area (Å²) >= 11 is 0. The van der Waals surface area contributed by atoms with Crippen LogP contribution in [0, 0.1) is 0 Å². The van der Waals surface area contributed by atoms with Crippen LogP contribution in [0.5, 0.6) is 0 Å². The molecule has 3 aromatic carbocycles. The lowest BCUT2D eigenvalue weighted by Gasteiger charge is -2.09. The number of rotatable bonds is 5. The van der Waals surface area contributed by atoms with Crippen molar-refractivity contribution in [1.82, 2.24) is 4.98 Å². The zero-order valence-corrected chi connectivity index (χ0v) is 16.1. The van der Waals surface area contributed by atoms with E-state index >= 15 is 0 Å². The van der Waals surface area contributed by atoms with Crippen LogP contribution in [0.3, 0.4) is 0 Å². The molecule has 0 atom stereocenters. The van der Waals surface area contributed by atoms with Gasteiger partial charge in [0.05, 0.1) is 5.56 Å². The van der Waals surface area contributed by atoms with Crippen LogP contribution in [-0.2, 0) is 0 Å². The van der Waals surface area contributed by atoms with Crippen LogP contribution < -0.4 is 10.6 Å². The Morgan fingerprint density at radius 1 is 0.600 bits per heavy atom. The van der Waals surface area contributed by atoms with Crippen molar-refractivity contribution in [2.45, 2.75) is 0 Å². The van der Waals surface area contributed by atoms with Gasteiger partial charge >= 0.3 is 0 Å². The SMILES string of the molecule is O=C(Nc1cccc(NC(=O)c2cccnc2)c1)c1ccc(-c2ccccc2)cc1. The highest BCUT2D eigenvalue weighted by atomic mass is 16.2. The first-order valence-electron chi connectivity index (χ1n) is 9.47. The van der Waals surface area contributed by atoms with Crippen LogP contribution >= 0.6 is 0 Å². The fourth-order valence-corrected chi connectivity index (χ4v) is 3.02. The summed E-state index contributed by atoms with van der Waals surface area (Å²) in [6.45, 7) is 0. The first-order valence-corrected chi connectivity index (χ1v) is 9.47. The van der Waals surface area contributed by atoms with Gasteiger partial charge in [-0.15, -0.1) is 0 Å². The number of anilines is 2. The molecule has 30 heavy (non-hydrogen) atoms. The second-order valence-electron chi connectivity index (χ2n) is 6.67. The van der Waals surface area contributed by atoms with Crippen LogP contribution in [0.4, 0.5) is 11.4 Å². The molecule has 0 radical (unpaired) electrons. The Labute approximate surface area is 174 Å². The van der Waals surface area contributed by atoms with Gasteiger partial charge in [0.15, 0.2) is 0 Å². The highest BCUT2D eigenvalue weighted by Gasteiger charge is 2.09. The summed E-state index contributed by atoms with van der Waals surface area (Å²) in [7, 11) is 0. The number of pyridine rings is 1. The quantitative estimate of drug-likeness (QED) is 0.486. The molecule has 0 bridgehead atoms. The minimum atomic E-state index is -0.261. The third-order valence-electron chi connectivity index (χ3n) is 4.56. The highest BCUT2D eigenvalue weighted by molar-refractivity contribution is 6.06. The van der Waals surface area contributed by atoms with Crippen LogP contribution in [-0.4, -0.2) is 16.8 Å². The maximum Gasteiger partial charge on any atom is 0.257 e. The standard InChI is InChI=1S/C25H19N3O2/c29-24(20-13-11-19(12-14-20)18-6-2-1-3-7-18)27-22-9-4-10-23(16-22)28-25(30)21-8-5-15-26-17-21/h1-17H,(H,27,29)(H,28,30). The van der Waals surface area contributed by atoms with Gasteiger partial charge in [0, 0.05) is 29.3 Å². The smallest absolute Gasteiger partial charge is 0.257 e. The monoisotopic (exact) mass is 393 g/mol. The lowest BCUT2D eigenvalue weighted by atomic mass is 10.0. The summed E-state index contributed by atoms with van der Waals surface area (Å²) < 4.78 is 0. The largest absolute Gasteiger partial charge is 0.322 e. The second kappa shape index (κ2) is 8.84. The average Bonchev–Trinajstić information content (AvgIpc) is 2.80. The number of nitrogens with one attached hydrogen (secondary N) is 2. The first kappa shape index (κ1) is 19.1. The van der Waals surface area contributed by atoms with E-state index in [4.69, 9.17) is 0 Å². The van der Waals surface area contributed by atoms with E-state index < -0.39 is 0 Å². The highest BCUT2D eigenvalue weighted by Crippen LogP contribution is 2.21. The Morgan fingerprint density at radius 2 is 1.23 bits per heavy atom. The van der Waals surface area contributed by atoms with E-state index in [-0.39, 0.29) is 11.8 Å². The zero-order chi connectivity index (χ0) is 20.8. The molecule has 4 rings (SSSR count). The maximum absolute atomic E-state index is 12.6. The predicted molar refractivity (Wildman–Crippen MR) is 118 cm³/mol. The Kier molecular flexibility index (Phi) is 5.62.